The van der Waals surface area contributed by atoms with Crippen LogP contribution in [0.25, 0.3) is 0 Å². The molecule has 0 amide bonds. The van der Waals surface area contributed by atoms with Crippen LogP contribution in [0.3, 0.4) is 0 Å². The highest BCUT2D eigenvalue weighted by molar-refractivity contribution is 5.11. The van der Waals surface area contributed by atoms with Crippen LogP contribution in [0, 0.1) is 5.41 Å². The molecule has 0 N–H and O–H groups in total. The minimum Gasteiger partial charge on any atom is -0.380 e. The fraction of sp³-hybridized carbons (Fsp3) is 0.667. The van der Waals surface area contributed by atoms with Gasteiger partial charge in [-0.05, 0) is 12.8 Å². The average Bonchev–Trinajstić information content (AvgIpc) is 2.19. The van der Waals surface area contributed by atoms with E-state index in [1.54, 1.807) is 0 Å². The number of rotatable bonds is 4. The second-order valence-corrected chi connectivity index (χ2v) is 4.24. The highest BCUT2D eigenvalue weighted by atomic mass is 16.5. The Kier molecular flexibility index (Phi) is 3.04. The van der Waals surface area contributed by atoms with Gasteiger partial charge in [0.25, 0.3) is 0 Å². The van der Waals surface area contributed by atoms with E-state index in [0.29, 0.717) is 5.41 Å². The average molecular weight is 194 g/mol. The van der Waals surface area contributed by atoms with E-state index in [0.717, 1.165) is 32.7 Å². The van der Waals surface area contributed by atoms with Crippen molar-refractivity contribution in [1.29, 1.82) is 0 Å². The molecule has 1 aliphatic carbocycles. The maximum absolute atomic E-state index is 5.86. The van der Waals surface area contributed by atoms with Gasteiger partial charge in [0.15, 0.2) is 0 Å². The van der Waals surface area contributed by atoms with E-state index < -0.39 is 0 Å². The van der Waals surface area contributed by atoms with Gasteiger partial charge in [0.2, 0.25) is 0 Å². The third-order valence-electron chi connectivity index (χ3n) is 3.11. The zero-order chi connectivity index (χ0) is 9.86. The number of hydrogen-bond acceptors (Lipinski definition) is 2. The quantitative estimate of drug-likeness (QED) is 0.683. The van der Waals surface area contributed by atoms with Crippen LogP contribution in [0.4, 0.5) is 0 Å². The smallest absolute Gasteiger partial charge is 0.0793 e. The lowest BCUT2D eigenvalue weighted by Crippen LogP contribution is -2.46. The number of ether oxygens (including phenoxy) is 2. The molecule has 2 heteroatoms. The van der Waals surface area contributed by atoms with Crippen LogP contribution in [0.5, 0.6) is 0 Å². The van der Waals surface area contributed by atoms with Crippen molar-refractivity contribution in [2.75, 3.05) is 19.8 Å². The molecule has 1 unspecified atom stereocenters. The SMILES string of the molecule is CCC1(COC2C=CC=CC2)COC1. The van der Waals surface area contributed by atoms with Gasteiger partial charge in [-0.25, -0.2) is 0 Å². The molecule has 0 bridgehead atoms. The Balaban J connectivity index is 1.76. The Morgan fingerprint density at radius 3 is 2.79 bits per heavy atom. The summed E-state index contributed by atoms with van der Waals surface area (Å²) in [5, 5.41) is 0. The molecule has 78 valence electrons. The fourth-order valence-corrected chi connectivity index (χ4v) is 1.75. The molecule has 0 radical (unpaired) electrons. The summed E-state index contributed by atoms with van der Waals surface area (Å²) >= 11 is 0. The Bertz CT molecular complexity index is 233. The van der Waals surface area contributed by atoms with Crippen molar-refractivity contribution >= 4 is 0 Å². The van der Waals surface area contributed by atoms with Crippen molar-refractivity contribution < 1.29 is 9.47 Å². The van der Waals surface area contributed by atoms with Crippen molar-refractivity contribution in [2.24, 2.45) is 5.41 Å². The highest BCUT2D eigenvalue weighted by Crippen LogP contribution is 2.32. The maximum Gasteiger partial charge on any atom is 0.0793 e. The van der Waals surface area contributed by atoms with Crippen LogP contribution in [0.15, 0.2) is 24.3 Å². The molecular weight excluding hydrogens is 176 g/mol. The van der Waals surface area contributed by atoms with Gasteiger partial charge in [-0.2, -0.15) is 0 Å². The molecule has 0 aromatic rings. The first-order valence-corrected chi connectivity index (χ1v) is 5.37. The second-order valence-electron chi connectivity index (χ2n) is 4.24. The van der Waals surface area contributed by atoms with Crippen molar-refractivity contribution in [3.63, 3.8) is 0 Å². The minimum atomic E-state index is 0.282. The predicted molar refractivity (Wildman–Crippen MR) is 56.2 cm³/mol. The van der Waals surface area contributed by atoms with Crippen molar-refractivity contribution in [3.05, 3.63) is 24.3 Å². The monoisotopic (exact) mass is 194 g/mol. The molecule has 0 spiro atoms. The summed E-state index contributed by atoms with van der Waals surface area (Å²) in [5.74, 6) is 0. The first-order chi connectivity index (χ1) is 6.85. The van der Waals surface area contributed by atoms with E-state index in [2.05, 4.69) is 31.2 Å². The summed E-state index contributed by atoms with van der Waals surface area (Å²) < 4.78 is 11.1. The molecule has 1 atom stereocenters. The van der Waals surface area contributed by atoms with Crippen molar-refractivity contribution in [2.45, 2.75) is 25.9 Å². The van der Waals surface area contributed by atoms with Gasteiger partial charge in [-0.15, -0.1) is 0 Å². The molecule has 0 saturated carbocycles. The topological polar surface area (TPSA) is 18.5 Å². The third-order valence-corrected chi connectivity index (χ3v) is 3.11. The summed E-state index contributed by atoms with van der Waals surface area (Å²) in [6.45, 7) is 4.79. The van der Waals surface area contributed by atoms with Crippen LogP contribution >= 0.6 is 0 Å². The van der Waals surface area contributed by atoms with Gasteiger partial charge in [0, 0.05) is 5.41 Å². The molecule has 2 rings (SSSR count). The Morgan fingerprint density at radius 2 is 2.29 bits per heavy atom. The summed E-state index contributed by atoms with van der Waals surface area (Å²) in [6, 6.07) is 0. The highest BCUT2D eigenvalue weighted by Gasteiger charge is 2.37. The van der Waals surface area contributed by atoms with Gasteiger partial charge in [0.1, 0.15) is 0 Å². The molecular formula is C12H18O2. The van der Waals surface area contributed by atoms with E-state index in [4.69, 9.17) is 9.47 Å². The van der Waals surface area contributed by atoms with E-state index in [-0.39, 0.29) is 6.10 Å². The molecule has 14 heavy (non-hydrogen) atoms. The third kappa shape index (κ3) is 2.07. The number of hydrogen-bond donors (Lipinski definition) is 0. The lowest BCUT2D eigenvalue weighted by Gasteiger charge is -2.41. The van der Waals surface area contributed by atoms with E-state index >= 15 is 0 Å². The molecule has 0 aromatic heterocycles. The Morgan fingerprint density at radius 1 is 1.43 bits per heavy atom. The van der Waals surface area contributed by atoms with Crippen LogP contribution < -0.4 is 0 Å². The maximum atomic E-state index is 5.86. The van der Waals surface area contributed by atoms with Gasteiger partial charge in [-0.3, -0.25) is 0 Å². The normalized spacial score (nSPS) is 28.8. The van der Waals surface area contributed by atoms with Crippen LogP contribution in [-0.4, -0.2) is 25.9 Å². The van der Waals surface area contributed by atoms with Crippen LogP contribution in [0.2, 0.25) is 0 Å². The zero-order valence-electron chi connectivity index (χ0n) is 8.74. The molecule has 0 aromatic carbocycles. The van der Waals surface area contributed by atoms with Gasteiger partial charge < -0.3 is 9.47 Å². The standard InChI is InChI=1S/C12H18O2/c1-2-12(8-13-9-12)10-14-11-6-4-3-5-7-11/h3-6,11H,2,7-10H2,1H3. The number of allylic oxidation sites excluding steroid dienone is 2. The summed E-state index contributed by atoms with van der Waals surface area (Å²) in [6.07, 6.45) is 10.9. The first kappa shape index (κ1) is 9.94. The molecule has 1 fully saturated rings. The van der Waals surface area contributed by atoms with Gasteiger partial charge in [-0.1, -0.05) is 31.2 Å². The molecule has 1 heterocycles. The molecule has 1 aliphatic heterocycles. The van der Waals surface area contributed by atoms with E-state index in [9.17, 15) is 0 Å². The second kappa shape index (κ2) is 4.28. The molecule has 2 nitrogen and oxygen atoms in total. The van der Waals surface area contributed by atoms with Crippen LogP contribution in [-0.2, 0) is 9.47 Å². The van der Waals surface area contributed by atoms with Crippen molar-refractivity contribution in [3.8, 4) is 0 Å². The zero-order valence-corrected chi connectivity index (χ0v) is 8.74. The Hall–Kier alpha value is -0.600. The lowest BCUT2D eigenvalue weighted by molar-refractivity contribution is -0.156. The lowest BCUT2D eigenvalue weighted by atomic mass is 9.84. The minimum absolute atomic E-state index is 0.282. The van der Waals surface area contributed by atoms with Gasteiger partial charge in [0.05, 0.1) is 25.9 Å². The van der Waals surface area contributed by atoms with Crippen LogP contribution in [0.1, 0.15) is 19.8 Å². The largest absolute Gasteiger partial charge is 0.380 e. The fourth-order valence-electron chi connectivity index (χ4n) is 1.75. The summed E-state index contributed by atoms with van der Waals surface area (Å²) in [7, 11) is 0. The van der Waals surface area contributed by atoms with Gasteiger partial charge >= 0.3 is 0 Å². The van der Waals surface area contributed by atoms with E-state index in [1.807, 2.05) is 0 Å². The molecule has 1 saturated heterocycles. The van der Waals surface area contributed by atoms with Crippen molar-refractivity contribution in [1.82, 2.24) is 0 Å². The first-order valence-electron chi connectivity index (χ1n) is 5.37. The predicted octanol–water partition coefficient (Wildman–Crippen LogP) is 2.31. The summed E-state index contributed by atoms with van der Waals surface area (Å²) in [4.78, 5) is 0. The molecule has 2 aliphatic rings. The Labute approximate surface area is 85.6 Å². The van der Waals surface area contributed by atoms with E-state index in [1.165, 1.54) is 0 Å². The summed E-state index contributed by atoms with van der Waals surface area (Å²) in [5.41, 5.74) is 0.314.